The van der Waals surface area contributed by atoms with Gasteiger partial charge in [-0.25, -0.2) is 0 Å². The summed E-state index contributed by atoms with van der Waals surface area (Å²) < 4.78 is 40.1. The van der Waals surface area contributed by atoms with Crippen molar-refractivity contribution in [2.45, 2.75) is 37.9 Å². The SMILES string of the molecule is NC(=NO)C1CCCCN1CCCOCC(F)(F)F. The van der Waals surface area contributed by atoms with Crippen LogP contribution in [0.4, 0.5) is 13.2 Å². The van der Waals surface area contributed by atoms with Gasteiger partial charge in [-0.1, -0.05) is 11.6 Å². The molecule has 0 spiro atoms. The molecule has 1 rings (SSSR count). The molecule has 3 N–H and O–H groups in total. The van der Waals surface area contributed by atoms with Crippen molar-refractivity contribution >= 4 is 5.84 Å². The molecule has 1 atom stereocenters. The average molecular weight is 283 g/mol. The minimum Gasteiger partial charge on any atom is -0.409 e. The van der Waals surface area contributed by atoms with Crippen LogP contribution in [0, 0.1) is 0 Å². The van der Waals surface area contributed by atoms with Crippen LogP contribution in [0.15, 0.2) is 5.16 Å². The molecule has 5 nitrogen and oxygen atoms in total. The maximum atomic E-state index is 11.9. The van der Waals surface area contributed by atoms with E-state index in [1.54, 1.807) is 0 Å². The quantitative estimate of drug-likeness (QED) is 0.255. The summed E-state index contributed by atoms with van der Waals surface area (Å²) in [5.41, 5.74) is 5.60. The van der Waals surface area contributed by atoms with E-state index in [2.05, 4.69) is 9.89 Å². The molecular weight excluding hydrogens is 263 g/mol. The molecule has 19 heavy (non-hydrogen) atoms. The lowest BCUT2D eigenvalue weighted by atomic mass is 10.0. The second-order valence-corrected chi connectivity index (χ2v) is 4.59. The monoisotopic (exact) mass is 283 g/mol. The Hall–Kier alpha value is -1.02. The van der Waals surface area contributed by atoms with Gasteiger partial charge in [0.15, 0.2) is 5.84 Å². The van der Waals surface area contributed by atoms with E-state index < -0.39 is 12.8 Å². The van der Waals surface area contributed by atoms with Crippen LogP contribution in [-0.4, -0.2) is 54.5 Å². The molecule has 1 unspecified atom stereocenters. The van der Waals surface area contributed by atoms with E-state index in [0.29, 0.717) is 13.0 Å². The highest BCUT2D eigenvalue weighted by Crippen LogP contribution is 2.18. The molecule has 8 heteroatoms. The number of oxime groups is 1. The highest BCUT2D eigenvalue weighted by Gasteiger charge is 2.28. The Morgan fingerprint density at radius 2 is 2.16 bits per heavy atom. The summed E-state index contributed by atoms with van der Waals surface area (Å²) in [6, 6.07) is -0.124. The molecule has 0 amide bonds. The van der Waals surface area contributed by atoms with E-state index in [-0.39, 0.29) is 18.5 Å². The zero-order valence-electron chi connectivity index (χ0n) is 10.7. The molecule has 1 aliphatic rings. The van der Waals surface area contributed by atoms with Crippen molar-refractivity contribution in [3.8, 4) is 0 Å². The highest BCUT2D eigenvalue weighted by atomic mass is 19.4. The second kappa shape index (κ2) is 7.54. The third kappa shape index (κ3) is 6.11. The topological polar surface area (TPSA) is 71.1 Å². The molecule has 0 radical (unpaired) electrons. The normalized spacial score (nSPS) is 22.7. The molecule has 0 aromatic heterocycles. The van der Waals surface area contributed by atoms with Crippen molar-refractivity contribution < 1.29 is 23.1 Å². The van der Waals surface area contributed by atoms with Crippen molar-refractivity contribution in [1.29, 1.82) is 0 Å². The van der Waals surface area contributed by atoms with Crippen LogP contribution < -0.4 is 5.73 Å². The number of hydrogen-bond donors (Lipinski definition) is 2. The van der Waals surface area contributed by atoms with Crippen LogP contribution in [0.5, 0.6) is 0 Å². The highest BCUT2D eigenvalue weighted by molar-refractivity contribution is 5.85. The zero-order chi connectivity index (χ0) is 14.3. The molecule has 112 valence electrons. The predicted octanol–water partition coefficient (Wildman–Crippen LogP) is 1.56. The number of nitrogens with zero attached hydrogens (tertiary/aromatic N) is 2. The number of piperidine rings is 1. The Labute approximate surface area is 110 Å². The number of hydrogen-bond acceptors (Lipinski definition) is 4. The third-order valence-electron chi connectivity index (χ3n) is 3.07. The third-order valence-corrected chi connectivity index (χ3v) is 3.07. The van der Waals surface area contributed by atoms with E-state index in [9.17, 15) is 13.2 Å². The summed E-state index contributed by atoms with van der Waals surface area (Å²) in [6.45, 7) is 0.231. The predicted molar refractivity (Wildman–Crippen MR) is 64.1 cm³/mol. The maximum Gasteiger partial charge on any atom is 0.411 e. The number of nitrogens with two attached hydrogens (primary N) is 1. The summed E-state index contributed by atoms with van der Waals surface area (Å²) in [5.74, 6) is 0.163. The van der Waals surface area contributed by atoms with E-state index >= 15 is 0 Å². The van der Waals surface area contributed by atoms with Crippen LogP contribution >= 0.6 is 0 Å². The molecule has 0 aromatic rings. The van der Waals surface area contributed by atoms with Crippen molar-refractivity contribution in [2.75, 3.05) is 26.3 Å². The first-order chi connectivity index (χ1) is 8.94. The molecule has 0 bridgehead atoms. The van der Waals surface area contributed by atoms with Gasteiger partial charge < -0.3 is 15.7 Å². The Morgan fingerprint density at radius 3 is 2.79 bits per heavy atom. The van der Waals surface area contributed by atoms with Crippen molar-refractivity contribution in [3.05, 3.63) is 0 Å². The van der Waals surface area contributed by atoms with Gasteiger partial charge in [-0.05, 0) is 25.8 Å². The fourth-order valence-electron chi connectivity index (χ4n) is 2.22. The fourth-order valence-corrected chi connectivity index (χ4v) is 2.22. The maximum absolute atomic E-state index is 11.9. The molecule has 1 heterocycles. The summed E-state index contributed by atoms with van der Waals surface area (Å²) in [4.78, 5) is 2.02. The number of halogens is 3. The molecular formula is C11H20F3N3O2. The van der Waals surface area contributed by atoms with Crippen molar-refractivity contribution in [2.24, 2.45) is 10.9 Å². The summed E-state index contributed by atoms with van der Waals surface area (Å²) in [5, 5.41) is 11.7. The minimum absolute atomic E-state index is 0.0545. The first-order valence-electron chi connectivity index (χ1n) is 6.30. The van der Waals surface area contributed by atoms with Gasteiger partial charge in [0.25, 0.3) is 0 Å². The van der Waals surface area contributed by atoms with Gasteiger partial charge >= 0.3 is 6.18 Å². The number of ether oxygens (including phenoxy) is 1. The Kier molecular flexibility index (Phi) is 6.36. The van der Waals surface area contributed by atoms with E-state index in [4.69, 9.17) is 10.9 Å². The van der Waals surface area contributed by atoms with E-state index in [0.717, 1.165) is 25.8 Å². The largest absolute Gasteiger partial charge is 0.411 e. The first-order valence-corrected chi connectivity index (χ1v) is 6.30. The Morgan fingerprint density at radius 1 is 1.42 bits per heavy atom. The van der Waals surface area contributed by atoms with Gasteiger partial charge in [0.1, 0.15) is 6.61 Å². The van der Waals surface area contributed by atoms with Gasteiger partial charge in [0.05, 0.1) is 6.04 Å². The van der Waals surface area contributed by atoms with Gasteiger partial charge in [0, 0.05) is 13.2 Å². The molecule has 0 aromatic carbocycles. The number of alkyl halides is 3. The van der Waals surface area contributed by atoms with Gasteiger partial charge in [0.2, 0.25) is 0 Å². The lowest BCUT2D eigenvalue weighted by Crippen LogP contribution is -2.48. The van der Waals surface area contributed by atoms with E-state index in [1.807, 2.05) is 4.90 Å². The van der Waals surface area contributed by atoms with Crippen LogP contribution in [0.1, 0.15) is 25.7 Å². The standard InChI is InChI=1S/C11H20F3N3O2/c12-11(13,14)8-19-7-3-6-17-5-2-1-4-9(17)10(15)16-18/h9,18H,1-8H2,(H2,15,16). The zero-order valence-corrected chi connectivity index (χ0v) is 10.7. The van der Waals surface area contributed by atoms with Gasteiger partial charge in [-0.2, -0.15) is 13.2 Å². The van der Waals surface area contributed by atoms with Gasteiger partial charge in [-0.3, -0.25) is 4.90 Å². The first kappa shape index (κ1) is 16.0. The van der Waals surface area contributed by atoms with Crippen LogP contribution in [0.25, 0.3) is 0 Å². The Bertz CT molecular complexity index is 297. The lowest BCUT2D eigenvalue weighted by Gasteiger charge is -2.34. The van der Waals surface area contributed by atoms with Crippen LogP contribution in [0.2, 0.25) is 0 Å². The molecule has 1 aliphatic heterocycles. The average Bonchev–Trinajstić information content (AvgIpc) is 2.36. The fraction of sp³-hybridized carbons (Fsp3) is 0.909. The van der Waals surface area contributed by atoms with Crippen LogP contribution in [0.3, 0.4) is 0 Å². The second-order valence-electron chi connectivity index (χ2n) is 4.59. The molecule has 0 aliphatic carbocycles. The van der Waals surface area contributed by atoms with E-state index in [1.165, 1.54) is 0 Å². The number of rotatable bonds is 6. The number of likely N-dealkylation sites (tertiary alicyclic amines) is 1. The van der Waals surface area contributed by atoms with Crippen molar-refractivity contribution in [1.82, 2.24) is 4.90 Å². The summed E-state index contributed by atoms with van der Waals surface area (Å²) >= 11 is 0. The van der Waals surface area contributed by atoms with Gasteiger partial charge in [-0.15, -0.1) is 0 Å². The molecule has 0 saturated carbocycles. The van der Waals surface area contributed by atoms with Crippen LogP contribution in [-0.2, 0) is 4.74 Å². The Balaban J connectivity index is 2.26. The lowest BCUT2D eigenvalue weighted by molar-refractivity contribution is -0.174. The number of amidine groups is 1. The molecule has 1 fully saturated rings. The summed E-state index contributed by atoms with van der Waals surface area (Å²) in [6.07, 6.45) is -0.965. The molecule has 1 saturated heterocycles. The summed E-state index contributed by atoms with van der Waals surface area (Å²) in [7, 11) is 0. The smallest absolute Gasteiger partial charge is 0.409 e. The van der Waals surface area contributed by atoms with Crippen molar-refractivity contribution in [3.63, 3.8) is 0 Å². The minimum atomic E-state index is -4.28.